The van der Waals surface area contributed by atoms with Crippen LogP contribution < -0.4 is 0 Å². The number of carboxylic acids is 1. The Balaban J connectivity index is 1.88. The van der Waals surface area contributed by atoms with Crippen molar-refractivity contribution in [2.24, 2.45) is 11.8 Å². The quantitative estimate of drug-likeness (QED) is 0.778. The van der Waals surface area contributed by atoms with Gasteiger partial charge in [0.2, 0.25) is 0 Å². The predicted octanol–water partition coefficient (Wildman–Crippen LogP) is 0.788. The molecule has 0 aromatic rings. The van der Waals surface area contributed by atoms with E-state index < -0.39 is 5.97 Å². The second-order valence-corrected chi connectivity index (χ2v) is 5.79. The van der Waals surface area contributed by atoms with Gasteiger partial charge in [-0.1, -0.05) is 0 Å². The smallest absolute Gasteiger partial charge is 0.320 e. The van der Waals surface area contributed by atoms with E-state index in [-0.39, 0.29) is 30.3 Å². The molecule has 2 saturated heterocycles. The van der Waals surface area contributed by atoms with Gasteiger partial charge in [0.25, 0.3) is 0 Å². The monoisotopic (exact) mass is 298 g/mol. The van der Waals surface area contributed by atoms with E-state index in [0.29, 0.717) is 32.6 Å². The van der Waals surface area contributed by atoms with Crippen LogP contribution in [0.1, 0.15) is 25.7 Å². The molecule has 21 heavy (non-hydrogen) atoms. The minimum Gasteiger partial charge on any atom is -0.481 e. The highest BCUT2D eigenvalue weighted by atomic mass is 16.5. The number of amides is 2. The Morgan fingerprint density at radius 2 is 1.86 bits per heavy atom. The number of aliphatic carboxylic acids is 1. The first-order valence-corrected chi connectivity index (χ1v) is 7.34. The summed E-state index contributed by atoms with van der Waals surface area (Å²) in [5.41, 5.74) is 0. The molecule has 2 amide bonds. The third-order valence-electron chi connectivity index (χ3n) is 4.25. The second kappa shape index (κ2) is 6.78. The van der Waals surface area contributed by atoms with E-state index in [1.807, 2.05) is 0 Å². The molecule has 118 valence electrons. The fourth-order valence-electron chi connectivity index (χ4n) is 3.15. The minimum absolute atomic E-state index is 0.0270. The zero-order chi connectivity index (χ0) is 15.4. The molecule has 2 atom stereocenters. The van der Waals surface area contributed by atoms with Crippen molar-refractivity contribution in [1.82, 2.24) is 9.80 Å². The van der Waals surface area contributed by atoms with Gasteiger partial charge in [-0.3, -0.25) is 9.59 Å². The zero-order valence-electron chi connectivity index (χ0n) is 12.3. The summed E-state index contributed by atoms with van der Waals surface area (Å²) in [4.78, 5) is 38.1. The number of methoxy groups -OCH3 is 1. The van der Waals surface area contributed by atoms with E-state index in [1.54, 1.807) is 9.80 Å². The molecule has 0 bridgehead atoms. The van der Waals surface area contributed by atoms with E-state index in [1.165, 1.54) is 7.11 Å². The van der Waals surface area contributed by atoms with Crippen molar-refractivity contribution >= 4 is 18.0 Å². The molecule has 0 aromatic carbocycles. The summed E-state index contributed by atoms with van der Waals surface area (Å²) < 4.78 is 4.71. The van der Waals surface area contributed by atoms with E-state index in [2.05, 4.69) is 0 Å². The van der Waals surface area contributed by atoms with Crippen LogP contribution in [0.25, 0.3) is 0 Å². The maximum atomic E-state index is 12.4. The lowest BCUT2D eigenvalue weighted by atomic mass is 9.95. The molecule has 2 unspecified atom stereocenters. The number of hydrogen-bond acceptors (Lipinski definition) is 4. The second-order valence-electron chi connectivity index (χ2n) is 5.79. The molecule has 0 aromatic heterocycles. The summed E-state index contributed by atoms with van der Waals surface area (Å²) in [5, 5.41) is 8.86. The van der Waals surface area contributed by atoms with Gasteiger partial charge in [-0.15, -0.1) is 0 Å². The third-order valence-corrected chi connectivity index (χ3v) is 4.25. The Morgan fingerprint density at radius 3 is 2.52 bits per heavy atom. The van der Waals surface area contributed by atoms with Crippen LogP contribution in [0, 0.1) is 11.8 Å². The van der Waals surface area contributed by atoms with Crippen LogP contribution in [0.2, 0.25) is 0 Å². The molecule has 2 aliphatic rings. The van der Waals surface area contributed by atoms with Gasteiger partial charge in [-0.2, -0.15) is 0 Å². The van der Waals surface area contributed by atoms with E-state index >= 15 is 0 Å². The standard InChI is InChI=1S/C14H22N2O5/c1-21-13(19)11-4-6-16(9-11)14(20)15-5-2-3-10(8-15)7-12(17)18/h10-11H,2-9H2,1H3,(H,17,18). The van der Waals surface area contributed by atoms with Crippen LogP contribution >= 0.6 is 0 Å². The molecule has 7 heteroatoms. The molecule has 2 heterocycles. The molecule has 7 nitrogen and oxygen atoms in total. The summed E-state index contributed by atoms with van der Waals surface area (Å²) in [6, 6.07) is -0.0866. The SMILES string of the molecule is COC(=O)C1CCN(C(=O)N2CCCC(CC(=O)O)C2)C1. The van der Waals surface area contributed by atoms with Crippen molar-refractivity contribution in [1.29, 1.82) is 0 Å². The van der Waals surface area contributed by atoms with Crippen LogP contribution in [0.5, 0.6) is 0 Å². The van der Waals surface area contributed by atoms with Gasteiger partial charge in [-0.05, 0) is 25.2 Å². The van der Waals surface area contributed by atoms with Crippen LogP contribution in [0.3, 0.4) is 0 Å². The van der Waals surface area contributed by atoms with E-state index in [0.717, 1.165) is 12.8 Å². The predicted molar refractivity (Wildman–Crippen MR) is 73.6 cm³/mol. The fraction of sp³-hybridized carbons (Fsp3) is 0.786. The Kier molecular flexibility index (Phi) is 5.03. The Bertz CT molecular complexity index is 426. The zero-order valence-corrected chi connectivity index (χ0v) is 12.3. The van der Waals surface area contributed by atoms with Gasteiger partial charge in [0.05, 0.1) is 13.0 Å². The normalized spacial score (nSPS) is 25.8. The minimum atomic E-state index is -0.818. The number of urea groups is 1. The van der Waals surface area contributed by atoms with Gasteiger partial charge in [0, 0.05) is 32.6 Å². The number of nitrogens with zero attached hydrogens (tertiary/aromatic N) is 2. The first-order valence-electron chi connectivity index (χ1n) is 7.34. The van der Waals surface area contributed by atoms with Gasteiger partial charge in [0.1, 0.15) is 0 Å². The number of ether oxygens (including phenoxy) is 1. The molecular formula is C14H22N2O5. The maximum Gasteiger partial charge on any atom is 0.320 e. The summed E-state index contributed by atoms with van der Waals surface area (Å²) in [6.45, 7) is 2.10. The van der Waals surface area contributed by atoms with Crippen molar-refractivity contribution in [3.63, 3.8) is 0 Å². The average molecular weight is 298 g/mol. The number of carbonyl (C=O) groups is 3. The maximum absolute atomic E-state index is 12.4. The molecule has 0 radical (unpaired) electrons. The lowest BCUT2D eigenvalue weighted by Crippen LogP contribution is -2.47. The van der Waals surface area contributed by atoms with Gasteiger partial charge in [-0.25, -0.2) is 4.79 Å². The molecule has 2 fully saturated rings. The van der Waals surface area contributed by atoms with Crippen molar-refractivity contribution in [2.75, 3.05) is 33.3 Å². The fourth-order valence-corrected chi connectivity index (χ4v) is 3.15. The summed E-state index contributed by atoms with van der Waals surface area (Å²) in [7, 11) is 1.36. The largest absolute Gasteiger partial charge is 0.481 e. The highest BCUT2D eigenvalue weighted by Crippen LogP contribution is 2.23. The van der Waals surface area contributed by atoms with Gasteiger partial charge in [0.15, 0.2) is 0 Å². The first-order chi connectivity index (χ1) is 10.0. The molecule has 2 aliphatic heterocycles. The molecule has 1 N–H and O–H groups in total. The van der Waals surface area contributed by atoms with Gasteiger partial charge >= 0.3 is 18.0 Å². The molecule has 2 rings (SSSR count). The lowest BCUT2D eigenvalue weighted by molar-refractivity contribution is -0.145. The van der Waals surface area contributed by atoms with Crippen LogP contribution in [-0.4, -0.2) is 66.2 Å². The number of carboxylic acid groups (broad SMARTS) is 1. The van der Waals surface area contributed by atoms with Crippen molar-refractivity contribution < 1.29 is 24.2 Å². The molecule has 0 spiro atoms. The molecule has 0 saturated carbocycles. The Morgan fingerprint density at radius 1 is 1.14 bits per heavy atom. The number of rotatable bonds is 3. The van der Waals surface area contributed by atoms with Crippen LogP contribution in [-0.2, 0) is 14.3 Å². The Hall–Kier alpha value is -1.79. The van der Waals surface area contributed by atoms with E-state index in [4.69, 9.17) is 9.84 Å². The topological polar surface area (TPSA) is 87.2 Å². The lowest BCUT2D eigenvalue weighted by Gasteiger charge is -2.34. The highest BCUT2D eigenvalue weighted by Gasteiger charge is 2.35. The number of carbonyl (C=O) groups excluding carboxylic acids is 2. The first kappa shape index (κ1) is 15.6. The average Bonchev–Trinajstić information content (AvgIpc) is 2.95. The Labute approximate surface area is 123 Å². The third kappa shape index (κ3) is 3.86. The number of piperidine rings is 1. The summed E-state index contributed by atoms with van der Waals surface area (Å²) >= 11 is 0. The molecule has 0 aliphatic carbocycles. The number of esters is 1. The van der Waals surface area contributed by atoms with Crippen LogP contribution in [0.4, 0.5) is 4.79 Å². The van der Waals surface area contributed by atoms with Crippen molar-refractivity contribution in [3.8, 4) is 0 Å². The number of hydrogen-bond donors (Lipinski definition) is 1. The van der Waals surface area contributed by atoms with E-state index in [9.17, 15) is 14.4 Å². The van der Waals surface area contributed by atoms with Crippen molar-refractivity contribution in [2.45, 2.75) is 25.7 Å². The van der Waals surface area contributed by atoms with Crippen molar-refractivity contribution in [3.05, 3.63) is 0 Å². The molecular weight excluding hydrogens is 276 g/mol. The van der Waals surface area contributed by atoms with Crippen LogP contribution in [0.15, 0.2) is 0 Å². The summed E-state index contributed by atoms with van der Waals surface area (Å²) in [6.07, 6.45) is 2.41. The highest BCUT2D eigenvalue weighted by molar-refractivity contribution is 5.78. The number of likely N-dealkylation sites (tertiary alicyclic amines) is 2. The van der Waals surface area contributed by atoms with Gasteiger partial charge < -0.3 is 19.6 Å². The summed E-state index contributed by atoms with van der Waals surface area (Å²) in [5.74, 6) is -1.30.